The molecule has 2 aromatic heterocycles. The number of hydrogen-bond donors (Lipinski definition) is 0. The van der Waals surface area contributed by atoms with Crippen molar-refractivity contribution in [2.24, 2.45) is 5.41 Å². The summed E-state index contributed by atoms with van der Waals surface area (Å²) in [7, 11) is 0. The molecule has 4 heterocycles. The van der Waals surface area contributed by atoms with Crippen LogP contribution in [-0.2, 0) is 4.74 Å². The quantitative estimate of drug-likeness (QED) is 0.582. The van der Waals surface area contributed by atoms with E-state index in [1.807, 2.05) is 35.3 Å². The highest BCUT2D eigenvalue weighted by molar-refractivity contribution is 6.43. The smallest absolute Gasteiger partial charge is 0.154 e. The van der Waals surface area contributed by atoms with Crippen molar-refractivity contribution in [3.8, 4) is 11.3 Å². The number of nitrogens with zero attached hydrogens (tertiary/aromatic N) is 4. The molecular formula is C21H22Cl2N4O. The second-order valence-electron chi connectivity index (χ2n) is 8.03. The number of rotatable bonds is 2. The molecule has 0 N–H and O–H groups in total. The van der Waals surface area contributed by atoms with Crippen LogP contribution in [0.15, 0.2) is 36.9 Å². The third kappa shape index (κ3) is 2.97. The van der Waals surface area contributed by atoms with Gasteiger partial charge in [-0.3, -0.25) is 4.40 Å². The molecule has 0 saturated carbocycles. The van der Waals surface area contributed by atoms with E-state index in [4.69, 9.17) is 32.9 Å². The molecule has 5 rings (SSSR count). The molecule has 2 fully saturated rings. The molecule has 2 saturated heterocycles. The van der Waals surface area contributed by atoms with Crippen molar-refractivity contribution in [3.63, 3.8) is 0 Å². The van der Waals surface area contributed by atoms with Gasteiger partial charge in [-0.15, -0.1) is 0 Å². The lowest BCUT2D eigenvalue weighted by Crippen LogP contribution is -2.41. The van der Waals surface area contributed by atoms with Gasteiger partial charge >= 0.3 is 0 Å². The maximum atomic E-state index is 6.45. The Hall–Kier alpha value is -1.82. The molecule has 28 heavy (non-hydrogen) atoms. The zero-order valence-corrected chi connectivity index (χ0v) is 17.2. The van der Waals surface area contributed by atoms with Gasteiger partial charge in [0.2, 0.25) is 0 Å². The summed E-state index contributed by atoms with van der Waals surface area (Å²) < 4.78 is 7.91. The van der Waals surface area contributed by atoms with Crippen LogP contribution in [0, 0.1) is 5.41 Å². The lowest BCUT2D eigenvalue weighted by molar-refractivity contribution is 0.0976. The van der Waals surface area contributed by atoms with E-state index in [9.17, 15) is 0 Å². The number of ether oxygens (including phenoxy) is 1. The average Bonchev–Trinajstić information content (AvgIpc) is 3.32. The van der Waals surface area contributed by atoms with Crippen molar-refractivity contribution in [2.45, 2.75) is 32.3 Å². The minimum atomic E-state index is 0.348. The highest BCUT2D eigenvalue weighted by atomic mass is 35.5. The molecule has 0 amide bonds. The maximum Gasteiger partial charge on any atom is 0.154 e. The monoisotopic (exact) mass is 416 g/mol. The molecule has 3 aromatic rings. The molecule has 2 aliphatic heterocycles. The van der Waals surface area contributed by atoms with E-state index in [2.05, 4.69) is 16.8 Å². The predicted octanol–water partition coefficient (Wildman–Crippen LogP) is 5.10. The van der Waals surface area contributed by atoms with Gasteiger partial charge in [0, 0.05) is 18.7 Å². The van der Waals surface area contributed by atoms with Crippen LogP contribution < -0.4 is 4.90 Å². The Kier molecular flexibility index (Phi) is 4.49. The van der Waals surface area contributed by atoms with Crippen LogP contribution in [0.5, 0.6) is 0 Å². The van der Waals surface area contributed by atoms with Crippen molar-refractivity contribution in [1.29, 1.82) is 0 Å². The fraction of sp³-hybridized carbons (Fsp3) is 0.429. The molecule has 1 spiro atoms. The van der Waals surface area contributed by atoms with E-state index in [1.165, 1.54) is 6.42 Å². The molecule has 1 atom stereocenters. The topological polar surface area (TPSA) is 42.7 Å². The number of imidazole rings is 1. The first-order valence-corrected chi connectivity index (χ1v) is 10.4. The number of piperidine rings is 1. The summed E-state index contributed by atoms with van der Waals surface area (Å²) >= 11 is 12.7. The second-order valence-corrected chi connectivity index (χ2v) is 8.82. The van der Waals surface area contributed by atoms with E-state index < -0.39 is 0 Å². The van der Waals surface area contributed by atoms with E-state index in [0.717, 1.165) is 55.1 Å². The number of halogens is 2. The van der Waals surface area contributed by atoms with Gasteiger partial charge in [-0.05, 0) is 37.7 Å². The van der Waals surface area contributed by atoms with E-state index in [0.29, 0.717) is 21.6 Å². The molecular weight excluding hydrogens is 395 g/mol. The third-order valence-electron chi connectivity index (χ3n) is 6.18. The summed E-state index contributed by atoms with van der Waals surface area (Å²) in [5.41, 5.74) is 3.07. The van der Waals surface area contributed by atoms with Crippen molar-refractivity contribution in [3.05, 3.63) is 47.0 Å². The number of anilines is 1. The molecule has 0 unspecified atom stereocenters. The Balaban J connectivity index is 1.48. The van der Waals surface area contributed by atoms with Gasteiger partial charge in [0.25, 0.3) is 0 Å². The molecule has 2 aliphatic rings. The molecule has 146 valence electrons. The Morgan fingerprint density at radius 1 is 1.18 bits per heavy atom. The minimum absolute atomic E-state index is 0.348. The normalized spacial score (nSPS) is 21.7. The summed E-state index contributed by atoms with van der Waals surface area (Å²) in [6, 6.07) is 5.64. The minimum Gasteiger partial charge on any atom is -0.378 e. The first kappa shape index (κ1) is 18.2. The van der Waals surface area contributed by atoms with Crippen LogP contribution in [0.2, 0.25) is 10.0 Å². The van der Waals surface area contributed by atoms with Crippen LogP contribution in [0.1, 0.15) is 26.2 Å². The molecule has 0 bridgehead atoms. The largest absolute Gasteiger partial charge is 0.378 e. The molecule has 7 heteroatoms. The van der Waals surface area contributed by atoms with Crippen molar-refractivity contribution in [1.82, 2.24) is 14.4 Å². The van der Waals surface area contributed by atoms with Crippen molar-refractivity contribution in [2.75, 3.05) is 24.6 Å². The first-order valence-electron chi connectivity index (χ1n) is 9.68. The van der Waals surface area contributed by atoms with Gasteiger partial charge in [-0.1, -0.05) is 35.3 Å². The highest BCUT2D eigenvalue weighted by Crippen LogP contribution is 2.43. The van der Waals surface area contributed by atoms with Gasteiger partial charge in [-0.25, -0.2) is 9.97 Å². The Morgan fingerprint density at radius 2 is 2.00 bits per heavy atom. The Bertz CT molecular complexity index is 1030. The van der Waals surface area contributed by atoms with E-state index in [-0.39, 0.29) is 0 Å². The summed E-state index contributed by atoms with van der Waals surface area (Å²) in [6.45, 7) is 5.05. The average molecular weight is 417 g/mol. The fourth-order valence-corrected chi connectivity index (χ4v) is 5.03. The summed E-state index contributed by atoms with van der Waals surface area (Å²) in [4.78, 5) is 11.6. The van der Waals surface area contributed by atoms with Gasteiger partial charge in [0.1, 0.15) is 5.52 Å². The van der Waals surface area contributed by atoms with Gasteiger partial charge in [0.05, 0.1) is 47.2 Å². The third-order valence-corrected chi connectivity index (χ3v) is 7.00. The summed E-state index contributed by atoms with van der Waals surface area (Å²) in [5, 5.41) is 1.06. The van der Waals surface area contributed by atoms with E-state index >= 15 is 0 Å². The second kappa shape index (κ2) is 6.90. The maximum absolute atomic E-state index is 6.45. The number of aromatic nitrogens is 3. The number of hydrogen-bond acceptors (Lipinski definition) is 4. The molecule has 0 aliphatic carbocycles. The predicted molar refractivity (Wildman–Crippen MR) is 112 cm³/mol. The van der Waals surface area contributed by atoms with Gasteiger partial charge in [-0.2, -0.15) is 0 Å². The van der Waals surface area contributed by atoms with Crippen LogP contribution >= 0.6 is 23.2 Å². The standard InChI is InChI=1S/C21H22Cl2N4O/c1-14-9-21(12-28-14)5-7-26(8-6-21)20-18-10-24-13-27(18)17(11-25-20)15-3-2-4-16(22)19(15)23/h2-4,10-11,13-14H,5-9,12H2,1H3/t14-/m0/s1. The van der Waals surface area contributed by atoms with Crippen LogP contribution in [-0.4, -0.2) is 40.2 Å². The SMILES string of the molecule is C[C@H]1CC2(CCN(c3ncc(-c4cccc(Cl)c4Cl)n4cncc34)CC2)CO1. The first-order chi connectivity index (χ1) is 13.6. The van der Waals surface area contributed by atoms with Crippen molar-refractivity contribution < 1.29 is 4.74 Å². The Labute approximate surface area is 174 Å². The van der Waals surface area contributed by atoms with Crippen LogP contribution in [0.3, 0.4) is 0 Å². The zero-order chi connectivity index (χ0) is 19.3. The summed E-state index contributed by atoms with van der Waals surface area (Å²) in [6.07, 6.45) is 9.38. The lowest BCUT2D eigenvalue weighted by Gasteiger charge is -2.39. The van der Waals surface area contributed by atoms with Gasteiger partial charge in [0.15, 0.2) is 5.82 Å². The number of fused-ring (bicyclic) bond motifs is 1. The van der Waals surface area contributed by atoms with Gasteiger partial charge < -0.3 is 9.64 Å². The molecule has 0 radical (unpaired) electrons. The van der Waals surface area contributed by atoms with Crippen LogP contribution in [0.25, 0.3) is 16.8 Å². The molecule has 5 nitrogen and oxygen atoms in total. The lowest BCUT2D eigenvalue weighted by atomic mass is 9.77. The number of benzene rings is 1. The van der Waals surface area contributed by atoms with E-state index in [1.54, 1.807) is 6.07 Å². The highest BCUT2D eigenvalue weighted by Gasteiger charge is 2.41. The summed E-state index contributed by atoms with van der Waals surface area (Å²) in [5.74, 6) is 0.973. The van der Waals surface area contributed by atoms with Crippen LogP contribution in [0.4, 0.5) is 5.82 Å². The molecule has 1 aromatic carbocycles. The fourth-order valence-electron chi connectivity index (χ4n) is 4.64. The zero-order valence-electron chi connectivity index (χ0n) is 15.7. The Morgan fingerprint density at radius 3 is 2.75 bits per heavy atom. The van der Waals surface area contributed by atoms with Crippen molar-refractivity contribution >= 4 is 34.5 Å².